The van der Waals surface area contributed by atoms with Crippen LogP contribution in [0.4, 0.5) is 0 Å². The number of carbonyl (C=O) groups excluding carboxylic acids is 1. The first-order valence-corrected chi connectivity index (χ1v) is 4.73. The average molecular weight is 179 g/mol. The number of rotatable bonds is 0. The number of amides is 1. The lowest BCUT2D eigenvalue weighted by molar-refractivity contribution is -0.129. The van der Waals surface area contributed by atoms with Gasteiger partial charge in [-0.25, -0.2) is 0 Å². The molecule has 1 saturated heterocycles. The molecule has 2 heteroatoms. The van der Waals surface area contributed by atoms with Gasteiger partial charge in [-0.2, -0.15) is 0 Å². The molecule has 1 fully saturated rings. The van der Waals surface area contributed by atoms with Crippen molar-refractivity contribution in [3.05, 3.63) is 0 Å². The molecular weight excluding hydrogens is 162 g/mol. The van der Waals surface area contributed by atoms with Crippen molar-refractivity contribution in [1.29, 1.82) is 0 Å². The van der Waals surface area contributed by atoms with E-state index in [4.69, 9.17) is 6.42 Å². The maximum Gasteiger partial charge on any atom is 0.298 e. The van der Waals surface area contributed by atoms with E-state index in [-0.39, 0.29) is 11.3 Å². The fourth-order valence-electron chi connectivity index (χ4n) is 1.73. The van der Waals surface area contributed by atoms with E-state index >= 15 is 0 Å². The van der Waals surface area contributed by atoms with E-state index in [0.717, 1.165) is 19.5 Å². The number of hydrogen-bond donors (Lipinski definition) is 0. The standard InChI is InChI=1S/C11H17NO/c1-5-10(13)12-7-6-9(2)11(3,4)8-12/h1,9H,6-8H2,2-4H3. The lowest BCUT2D eigenvalue weighted by Crippen LogP contribution is -2.47. The van der Waals surface area contributed by atoms with Crippen LogP contribution in [-0.2, 0) is 4.79 Å². The van der Waals surface area contributed by atoms with Gasteiger partial charge in [-0.15, -0.1) is 6.42 Å². The van der Waals surface area contributed by atoms with Gasteiger partial charge in [0.1, 0.15) is 0 Å². The van der Waals surface area contributed by atoms with Crippen LogP contribution in [0, 0.1) is 23.7 Å². The Morgan fingerprint density at radius 2 is 2.23 bits per heavy atom. The van der Waals surface area contributed by atoms with Gasteiger partial charge >= 0.3 is 0 Å². The van der Waals surface area contributed by atoms with Crippen LogP contribution in [0.5, 0.6) is 0 Å². The summed E-state index contributed by atoms with van der Waals surface area (Å²) in [6.07, 6.45) is 6.14. The average Bonchev–Trinajstić information content (AvgIpc) is 2.08. The zero-order valence-electron chi connectivity index (χ0n) is 8.63. The zero-order chi connectivity index (χ0) is 10.1. The minimum Gasteiger partial charge on any atom is -0.331 e. The molecule has 1 aliphatic heterocycles. The van der Waals surface area contributed by atoms with Gasteiger partial charge in [-0.3, -0.25) is 4.79 Å². The molecule has 72 valence electrons. The quantitative estimate of drug-likeness (QED) is 0.516. The molecule has 0 bridgehead atoms. The van der Waals surface area contributed by atoms with Gasteiger partial charge < -0.3 is 4.90 Å². The largest absolute Gasteiger partial charge is 0.331 e. The Kier molecular flexibility index (Phi) is 2.66. The predicted octanol–water partition coefficient (Wildman–Crippen LogP) is 1.51. The van der Waals surface area contributed by atoms with Crippen molar-refractivity contribution < 1.29 is 4.79 Å². The highest BCUT2D eigenvalue weighted by molar-refractivity contribution is 5.92. The van der Waals surface area contributed by atoms with Crippen LogP contribution >= 0.6 is 0 Å². The minimum absolute atomic E-state index is 0.167. The van der Waals surface area contributed by atoms with Gasteiger partial charge in [0, 0.05) is 13.1 Å². The Hall–Kier alpha value is -0.970. The van der Waals surface area contributed by atoms with E-state index in [1.54, 1.807) is 4.90 Å². The van der Waals surface area contributed by atoms with Crippen LogP contribution in [0.1, 0.15) is 27.2 Å². The van der Waals surface area contributed by atoms with Crippen molar-refractivity contribution in [2.75, 3.05) is 13.1 Å². The fourth-order valence-corrected chi connectivity index (χ4v) is 1.73. The van der Waals surface area contributed by atoms with Crippen molar-refractivity contribution in [2.45, 2.75) is 27.2 Å². The summed E-state index contributed by atoms with van der Waals surface area (Å²) in [6, 6.07) is 0. The number of terminal acetylenes is 1. The minimum atomic E-state index is -0.167. The summed E-state index contributed by atoms with van der Waals surface area (Å²) in [5.41, 5.74) is 0.199. The second-order valence-corrected chi connectivity index (χ2v) is 4.55. The number of carbonyl (C=O) groups is 1. The highest BCUT2D eigenvalue weighted by Crippen LogP contribution is 2.34. The number of nitrogens with zero attached hydrogens (tertiary/aromatic N) is 1. The third-order valence-electron chi connectivity index (χ3n) is 3.18. The lowest BCUT2D eigenvalue weighted by atomic mass is 9.75. The molecule has 2 nitrogen and oxygen atoms in total. The van der Waals surface area contributed by atoms with E-state index in [1.807, 2.05) is 0 Å². The van der Waals surface area contributed by atoms with E-state index in [0.29, 0.717) is 5.92 Å². The Balaban J connectivity index is 2.67. The molecule has 0 aromatic heterocycles. The highest BCUT2D eigenvalue weighted by atomic mass is 16.2. The van der Waals surface area contributed by atoms with Crippen molar-refractivity contribution in [2.24, 2.45) is 11.3 Å². The monoisotopic (exact) mass is 179 g/mol. The van der Waals surface area contributed by atoms with Crippen LogP contribution < -0.4 is 0 Å². The highest BCUT2D eigenvalue weighted by Gasteiger charge is 2.34. The molecule has 0 aliphatic carbocycles. The fraction of sp³-hybridized carbons (Fsp3) is 0.727. The van der Waals surface area contributed by atoms with Crippen molar-refractivity contribution in [3.8, 4) is 12.3 Å². The van der Waals surface area contributed by atoms with Crippen molar-refractivity contribution >= 4 is 5.91 Å². The van der Waals surface area contributed by atoms with Gasteiger partial charge in [0.25, 0.3) is 5.91 Å². The molecule has 0 radical (unpaired) electrons. The number of piperidine rings is 1. The molecule has 0 aromatic rings. The Bertz CT molecular complexity index is 249. The zero-order valence-corrected chi connectivity index (χ0v) is 8.63. The van der Waals surface area contributed by atoms with Gasteiger partial charge in [-0.05, 0) is 23.7 Å². The van der Waals surface area contributed by atoms with E-state index in [1.165, 1.54) is 0 Å². The number of likely N-dealkylation sites (tertiary alicyclic amines) is 1. The SMILES string of the molecule is C#CC(=O)N1CCC(C)C(C)(C)C1. The number of hydrogen-bond acceptors (Lipinski definition) is 1. The summed E-state index contributed by atoms with van der Waals surface area (Å²) in [7, 11) is 0. The molecule has 0 saturated carbocycles. The van der Waals surface area contributed by atoms with Crippen molar-refractivity contribution in [1.82, 2.24) is 4.90 Å². The first-order valence-electron chi connectivity index (χ1n) is 4.73. The molecule has 1 rings (SSSR count). The Morgan fingerprint density at radius 1 is 1.62 bits per heavy atom. The van der Waals surface area contributed by atoms with Crippen LogP contribution in [0.25, 0.3) is 0 Å². The summed E-state index contributed by atoms with van der Waals surface area (Å²) < 4.78 is 0. The predicted molar refractivity (Wildman–Crippen MR) is 53.0 cm³/mol. The van der Waals surface area contributed by atoms with Crippen LogP contribution in [0.2, 0.25) is 0 Å². The molecule has 1 atom stereocenters. The summed E-state index contributed by atoms with van der Waals surface area (Å²) in [5.74, 6) is 2.67. The smallest absolute Gasteiger partial charge is 0.298 e. The molecule has 1 unspecified atom stereocenters. The van der Waals surface area contributed by atoms with Gasteiger partial charge in [0.2, 0.25) is 0 Å². The lowest BCUT2D eigenvalue weighted by Gasteiger charge is -2.42. The van der Waals surface area contributed by atoms with Gasteiger partial charge in [-0.1, -0.05) is 20.8 Å². The first-order chi connectivity index (χ1) is 5.97. The van der Waals surface area contributed by atoms with Gasteiger partial charge in [0.15, 0.2) is 0 Å². The third kappa shape index (κ3) is 2.03. The van der Waals surface area contributed by atoms with Crippen LogP contribution in [0.15, 0.2) is 0 Å². The third-order valence-corrected chi connectivity index (χ3v) is 3.18. The molecule has 13 heavy (non-hydrogen) atoms. The molecular formula is C11H17NO. The molecule has 1 amide bonds. The molecule has 1 aliphatic rings. The summed E-state index contributed by atoms with van der Waals surface area (Å²) in [5, 5.41) is 0. The Morgan fingerprint density at radius 3 is 2.69 bits per heavy atom. The maximum atomic E-state index is 11.3. The molecule has 0 aromatic carbocycles. The second-order valence-electron chi connectivity index (χ2n) is 4.55. The van der Waals surface area contributed by atoms with E-state index < -0.39 is 0 Å². The van der Waals surface area contributed by atoms with Crippen LogP contribution in [0.3, 0.4) is 0 Å². The normalized spacial score (nSPS) is 26.6. The van der Waals surface area contributed by atoms with Crippen LogP contribution in [-0.4, -0.2) is 23.9 Å². The maximum absolute atomic E-state index is 11.3. The molecule has 0 spiro atoms. The second kappa shape index (κ2) is 3.41. The summed E-state index contributed by atoms with van der Waals surface area (Å²) >= 11 is 0. The van der Waals surface area contributed by atoms with Gasteiger partial charge in [0.05, 0.1) is 0 Å². The van der Waals surface area contributed by atoms with E-state index in [2.05, 4.69) is 26.7 Å². The van der Waals surface area contributed by atoms with Crippen molar-refractivity contribution in [3.63, 3.8) is 0 Å². The van der Waals surface area contributed by atoms with E-state index in [9.17, 15) is 4.79 Å². The summed E-state index contributed by atoms with van der Waals surface area (Å²) in [4.78, 5) is 13.0. The first kappa shape index (κ1) is 10.1. The Labute approximate surface area is 80.3 Å². The molecule has 0 N–H and O–H groups in total. The topological polar surface area (TPSA) is 20.3 Å². The summed E-state index contributed by atoms with van der Waals surface area (Å²) in [6.45, 7) is 8.21. The molecule has 1 heterocycles.